The molecule has 2 aliphatic carbocycles. The van der Waals surface area contributed by atoms with Crippen LogP contribution in [0.2, 0.25) is 0 Å². The smallest absolute Gasteiger partial charge is 0.160 e. The van der Waals surface area contributed by atoms with Gasteiger partial charge in [-0.25, -0.2) is 9.97 Å². The zero-order chi connectivity index (χ0) is 42.9. The van der Waals surface area contributed by atoms with Gasteiger partial charge >= 0.3 is 0 Å². The lowest BCUT2D eigenvalue weighted by atomic mass is 9.78. The van der Waals surface area contributed by atoms with Crippen molar-refractivity contribution in [1.82, 2.24) is 9.97 Å². The van der Waals surface area contributed by atoms with Crippen molar-refractivity contribution in [3.05, 3.63) is 216 Å². The van der Waals surface area contributed by atoms with Gasteiger partial charge in [-0.2, -0.15) is 0 Å². The Morgan fingerprint density at radius 1 is 0.312 bits per heavy atom. The molecule has 0 saturated carbocycles. The fraction of sp³-hybridized carbons (Fsp3) is 0.0968. The summed E-state index contributed by atoms with van der Waals surface area (Å²) in [5, 5.41) is 10.2. The summed E-state index contributed by atoms with van der Waals surface area (Å²) in [6, 6.07) is 71.4. The molecule has 11 aromatic rings. The van der Waals surface area contributed by atoms with Crippen molar-refractivity contribution in [3.8, 4) is 67.3 Å². The zero-order valence-electron chi connectivity index (χ0n) is 36.4. The summed E-state index contributed by atoms with van der Waals surface area (Å²) in [5.41, 5.74) is 17.9. The molecular formula is C62H44N2. The largest absolute Gasteiger partial charge is 0.228 e. The number of hydrogen-bond acceptors (Lipinski definition) is 2. The SMILES string of the molecule is CC1(C)c2cc3ccccc3cc2-c2c(-c3cc(-c4ccc(-c5ccc6c(c5)C(C)(C)c5c-6c6ccccc6c6ccccc56)c5ccccc45)nc(-c4ccccc4)n3)cccc21. The third-order valence-electron chi connectivity index (χ3n) is 14.6. The average Bonchev–Trinajstić information content (AvgIpc) is 3.72. The monoisotopic (exact) mass is 816 g/mol. The zero-order valence-corrected chi connectivity index (χ0v) is 36.4. The number of nitrogens with zero attached hydrogens (tertiary/aromatic N) is 2. The molecule has 10 aromatic carbocycles. The molecule has 1 heterocycles. The van der Waals surface area contributed by atoms with E-state index in [-0.39, 0.29) is 10.8 Å². The molecule has 0 aliphatic heterocycles. The third kappa shape index (κ3) is 5.20. The summed E-state index contributed by atoms with van der Waals surface area (Å²) in [6.07, 6.45) is 0. The predicted molar refractivity (Wildman–Crippen MR) is 269 cm³/mol. The normalized spacial score (nSPS) is 14.2. The van der Waals surface area contributed by atoms with Crippen molar-refractivity contribution >= 4 is 43.1 Å². The Hall–Kier alpha value is -7.68. The first-order chi connectivity index (χ1) is 31.3. The maximum Gasteiger partial charge on any atom is 0.160 e. The summed E-state index contributed by atoms with van der Waals surface area (Å²) in [7, 11) is 0. The van der Waals surface area contributed by atoms with Crippen LogP contribution in [0.4, 0.5) is 0 Å². The molecule has 0 atom stereocenters. The van der Waals surface area contributed by atoms with Crippen LogP contribution in [0, 0.1) is 0 Å². The summed E-state index contributed by atoms with van der Waals surface area (Å²) in [5.74, 6) is 0.718. The molecule has 302 valence electrons. The summed E-state index contributed by atoms with van der Waals surface area (Å²) in [4.78, 5) is 10.8. The second-order valence-corrected chi connectivity index (χ2v) is 18.9. The van der Waals surface area contributed by atoms with Gasteiger partial charge in [0.1, 0.15) is 0 Å². The molecule has 64 heavy (non-hydrogen) atoms. The quantitative estimate of drug-likeness (QED) is 0.165. The van der Waals surface area contributed by atoms with E-state index in [1.54, 1.807) is 0 Å². The van der Waals surface area contributed by atoms with Gasteiger partial charge in [0, 0.05) is 27.5 Å². The molecule has 13 rings (SSSR count). The summed E-state index contributed by atoms with van der Waals surface area (Å²) in [6.45, 7) is 9.53. The number of benzene rings is 10. The van der Waals surface area contributed by atoms with E-state index in [4.69, 9.17) is 9.97 Å². The van der Waals surface area contributed by atoms with Gasteiger partial charge in [0.2, 0.25) is 0 Å². The molecule has 0 saturated heterocycles. The summed E-state index contributed by atoms with van der Waals surface area (Å²) < 4.78 is 0. The van der Waals surface area contributed by atoms with Crippen LogP contribution in [-0.2, 0) is 10.8 Å². The second-order valence-electron chi connectivity index (χ2n) is 18.9. The third-order valence-corrected chi connectivity index (χ3v) is 14.6. The van der Waals surface area contributed by atoms with Gasteiger partial charge in [0.15, 0.2) is 5.82 Å². The van der Waals surface area contributed by atoms with E-state index in [1.807, 2.05) is 0 Å². The molecular weight excluding hydrogens is 773 g/mol. The Labute approximate surface area is 373 Å². The molecule has 0 fully saturated rings. The predicted octanol–water partition coefficient (Wildman–Crippen LogP) is 16.4. The number of fused-ring (bicyclic) bond motifs is 13. The Balaban J connectivity index is 0.991. The van der Waals surface area contributed by atoms with Crippen LogP contribution >= 0.6 is 0 Å². The van der Waals surface area contributed by atoms with Crippen LogP contribution in [0.3, 0.4) is 0 Å². The van der Waals surface area contributed by atoms with Crippen LogP contribution in [-0.4, -0.2) is 9.97 Å². The minimum atomic E-state index is -0.189. The molecule has 1 aromatic heterocycles. The van der Waals surface area contributed by atoms with Gasteiger partial charge < -0.3 is 0 Å². The first kappa shape index (κ1) is 36.9. The highest BCUT2D eigenvalue weighted by Crippen LogP contribution is 2.56. The molecule has 2 nitrogen and oxygen atoms in total. The van der Waals surface area contributed by atoms with Crippen LogP contribution in [0.25, 0.3) is 110 Å². The van der Waals surface area contributed by atoms with Crippen molar-refractivity contribution in [3.63, 3.8) is 0 Å². The Morgan fingerprint density at radius 3 is 1.62 bits per heavy atom. The minimum Gasteiger partial charge on any atom is -0.228 e. The maximum atomic E-state index is 5.40. The molecule has 2 heteroatoms. The fourth-order valence-electron chi connectivity index (χ4n) is 11.6. The number of rotatable bonds is 4. The molecule has 0 bridgehead atoms. The van der Waals surface area contributed by atoms with E-state index in [1.165, 1.54) is 98.7 Å². The van der Waals surface area contributed by atoms with Crippen molar-refractivity contribution in [1.29, 1.82) is 0 Å². The second kappa shape index (κ2) is 13.4. The van der Waals surface area contributed by atoms with Crippen molar-refractivity contribution < 1.29 is 0 Å². The van der Waals surface area contributed by atoms with Gasteiger partial charge in [-0.1, -0.05) is 198 Å². The molecule has 2 aliphatic rings. The number of hydrogen-bond donors (Lipinski definition) is 0. The van der Waals surface area contributed by atoms with Gasteiger partial charge in [-0.3, -0.25) is 0 Å². The number of aromatic nitrogens is 2. The Morgan fingerprint density at radius 2 is 0.875 bits per heavy atom. The highest BCUT2D eigenvalue weighted by Gasteiger charge is 2.39. The molecule has 0 unspecified atom stereocenters. The Kier molecular flexibility index (Phi) is 7.74. The van der Waals surface area contributed by atoms with Crippen molar-refractivity contribution in [2.45, 2.75) is 38.5 Å². The fourth-order valence-corrected chi connectivity index (χ4v) is 11.6. The topological polar surface area (TPSA) is 25.8 Å². The first-order valence-electron chi connectivity index (χ1n) is 22.5. The lowest BCUT2D eigenvalue weighted by Gasteiger charge is -2.24. The average molecular weight is 817 g/mol. The van der Waals surface area contributed by atoms with E-state index >= 15 is 0 Å². The van der Waals surface area contributed by atoms with E-state index < -0.39 is 0 Å². The first-order valence-corrected chi connectivity index (χ1v) is 22.5. The Bertz CT molecular complexity index is 3780. The van der Waals surface area contributed by atoms with Crippen molar-refractivity contribution in [2.24, 2.45) is 0 Å². The van der Waals surface area contributed by atoms with Crippen LogP contribution in [0.15, 0.2) is 194 Å². The van der Waals surface area contributed by atoms with Crippen LogP contribution in [0.5, 0.6) is 0 Å². The van der Waals surface area contributed by atoms with E-state index in [9.17, 15) is 0 Å². The van der Waals surface area contributed by atoms with E-state index in [0.29, 0.717) is 0 Å². The standard InChI is InChI=1S/C62H44N2/c1-61(2)52-28-16-27-50(57(52)51-33-38-19-8-9-20-39(38)34-54(51)61)56-36-55(63-60(64-56)37-17-6-5-7-18-37)46-32-31-41(42-21-10-11-22-43(42)46)40-29-30-49-53(35-40)62(3,4)59-48-26-15-13-24-45(48)44-23-12-14-25-47(44)58(49)59/h5-36H,1-4H3. The van der Waals surface area contributed by atoms with Gasteiger partial charge in [0.25, 0.3) is 0 Å². The van der Waals surface area contributed by atoms with Crippen molar-refractivity contribution in [2.75, 3.05) is 0 Å². The van der Waals surface area contributed by atoms with Crippen LogP contribution in [0.1, 0.15) is 49.9 Å². The molecule has 0 spiro atoms. The van der Waals surface area contributed by atoms with Gasteiger partial charge in [0.05, 0.1) is 11.4 Å². The molecule has 0 radical (unpaired) electrons. The lowest BCUT2D eigenvalue weighted by Crippen LogP contribution is -2.15. The molecule has 0 N–H and O–H groups in total. The lowest BCUT2D eigenvalue weighted by molar-refractivity contribution is 0.661. The van der Waals surface area contributed by atoms with Crippen LogP contribution < -0.4 is 0 Å². The van der Waals surface area contributed by atoms with E-state index in [2.05, 4.69) is 222 Å². The molecule has 0 amide bonds. The highest BCUT2D eigenvalue weighted by molar-refractivity contribution is 6.18. The maximum absolute atomic E-state index is 5.40. The summed E-state index contributed by atoms with van der Waals surface area (Å²) >= 11 is 0. The highest BCUT2D eigenvalue weighted by atomic mass is 14.9. The van der Waals surface area contributed by atoms with Gasteiger partial charge in [-0.05, 0) is 123 Å². The van der Waals surface area contributed by atoms with Gasteiger partial charge in [-0.15, -0.1) is 0 Å². The van der Waals surface area contributed by atoms with E-state index in [0.717, 1.165) is 33.9 Å². The minimum absolute atomic E-state index is 0.161.